The highest BCUT2D eigenvalue weighted by molar-refractivity contribution is 5.83. The van der Waals surface area contributed by atoms with Gasteiger partial charge < -0.3 is 20.1 Å². The van der Waals surface area contributed by atoms with Crippen LogP contribution in [0.4, 0.5) is 5.95 Å². The molecule has 1 amide bonds. The van der Waals surface area contributed by atoms with Gasteiger partial charge in [0.25, 0.3) is 0 Å². The Morgan fingerprint density at radius 2 is 2.11 bits per heavy atom. The molecule has 3 rings (SSSR count). The van der Waals surface area contributed by atoms with Crippen LogP contribution in [0.15, 0.2) is 18.2 Å². The van der Waals surface area contributed by atoms with Crippen LogP contribution in [-0.2, 0) is 9.53 Å². The summed E-state index contributed by atoms with van der Waals surface area (Å²) in [5.74, 6) is 1.13. The van der Waals surface area contributed by atoms with Crippen molar-refractivity contribution in [1.82, 2.24) is 20.6 Å². The maximum atomic E-state index is 12.4. The minimum absolute atomic E-state index is 0.00494. The summed E-state index contributed by atoms with van der Waals surface area (Å²) in [7, 11) is 1.64. The molecule has 27 heavy (non-hydrogen) atoms. The van der Waals surface area contributed by atoms with E-state index in [4.69, 9.17) is 9.47 Å². The summed E-state index contributed by atoms with van der Waals surface area (Å²) in [6.07, 6.45) is 0.252. The summed E-state index contributed by atoms with van der Waals surface area (Å²) in [4.78, 5) is 21.5. The van der Waals surface area contributed by atoms with Gasteiger partial charge in [-0.1, -0.05) is 0 Å². The Labute approximate surface area is 159 Å². The predicted octanol–water partition coefficient (Wildman–Crippen LogP) is 1.79. The lowest BCUT2D eigenvalue weighted by Crippen LogP contribution is -2.63. The van der Waals surface area contributed by atoms with E-state index < -0.39 is 6.29 Å². The molecule has 3 atom stereocenters. The predicted molar refractivity (Wildman–Crippen MR) is 104 cm³/mol. The Morgan fingerprint density at radius 3 is 2.81 bits per heavy atom. The number of aromatic nitrogens is 2. The molecule has 0 spiro atoms. The van der Waals surface area contributed by atoms with Gasteiger partial charge in [-0.05, 0) is 45.4 Å². The first-order valence-electron chi connectivity index (χ1n) is 9.25. The molecule has 0 saturated carbocycles. The number of rotatable bonds is 7. The van der Waals surface area contributed by atoms with Crippen molar-refractivity contribution in [1.29, 1.82) is 0 Å². The lowest BCUT2D eigenvalue weighted by atomic mass is 9.95. The van der Waals surface area contributed by atoms with Gasteiger partial charge in [0, 0.05) is 25.1 Å². The van der Waals surface area contributed by atoms with E-state index in [-0.39, 0.29) is 17.9 Å². The van der Waals surface area contributed by atoms with Crippen LogP contribution in [0.3, 0.4) is 0 Å². The number of methoxy groups -OCH3 is 1. The zero-order chi connectivity index (χ0) is 19.4. The maximum Gasteiger partial charge on any atom is 0.227 e. The quantitative estimate of drug-likeness (QED) is 0.681. The molecule has 8 heteroatoms. The first kappa shape index (κ1) is 19.3. The number of ether oxygens (including phenoxy) is 2. The number of fused-ring (bicyclic) bond motifs is 1. The average molecular weight is 373 g/mol. The third kappa shape index (κ3) is 4.45. The van der Waals surface area contributed by atoms with E-state index in [1.165, 1.54) is 0 Å². The molecule has 0 bridgehead atoms. The number of carbonyl (C=O) groups is 1. The molecule has 146 valence electrons. The first-order chi connectivity index (χ1) is 13.0. The minimum Gasteiger partial charge on any atom is -0.494 e. The lowest BCUT2D eigenvalue weighted by molar-refractivity contribution is -0.129. The zero-order valence-corrected chi connectivity index (χ0v) is 16.2. The van der Waals surface area contributed by atoms with Crippen molar-refractivity contribution in [3.63, 3.8) is 0 Å². The van der Waals surface area contributed by atoms with Gasteiger partial charge in [0.2, 0.25) is 11.9 Å². The van der Waals surface area contributed by atoms with Crippen molar-refractivity contribution in [2.75, 3.05) is 25.6 Å². The van der Waals surface area contributed by atoms with Crippen LogP contribution in [0.2, 0.25) is 0 Å². The van der Waals surface area contributed by atoms with Gasteiger partial charge in [-0.3, -0.25) is 10.1 Å². The molecule has 1 saturated heterocycles. The number of anilines is 1. The van der Waals surface area contributed by atoms with Crippen LogP contribution in [0.5, 0.6) is 5.75 Å². The van der Waals surface area contributed by atoms with Crippen LogP contribution in [0, 0.1) is 12.8 Å². The van der Waals surface area contributed by atoms with E-state index in [1.807, 2.05) is 39.0 Å². The summed E-state index contributed by atoms with van der Waals surface area (Å²) < 4.78 is 10.6. The number of carbonyl (C=O) groups excluding carboxylic acids is 1. The Hall–Kier alpha value is -2.45. The number of hydrogen-bond donors (Lipinski definition) is 3. The number of amides is 1. The second-order valence-electron chi connectivity index (χ2n) is 6.67. The lowest BCUT2D eigenvalue weighted by Gasteiger charge is -2.35. The number of nitrogens with one attached hydrogen (secondary N) is 3. The Balaban J connectivity index is 1.73. The van der Waals surface area contributed by atoms with Crippen LogP contribution < -0.4 is 20.7 Å². The number of benzene rings is 1. The largest absolute Gasteiger partial charge is 0.494 e. The molecule has 1 aliphatic rings. The summed E-state index contributed by atoms with van der Waals surface area (Å²) in [6, 6.07) is 5.77. The normalized spacial score (nSPS) is 22.5. The fourth-order valence-electron chi connectivity index (χ4n) is 3.31. The van der Waals surface area contributed by atoms with Crippen LogP contribution in [-0.4, -0.2) is 48.5 Å². The Kier molecular flexibility index (Phi) is 6.08. The smallest absolute Gasteiger partial charge is 0.227 e. The molecule has 1 aromatic carbocycles. The van der Waals surface area contributed by atoms with Crippen molar-refractivity contribution in [2.24, 2.45) is 5.92 Å². The topological polar surface area (TPSA) is 97.4 Å². The average Bonchev–Trinajstić information content (AvgIpc) is 2.62. The molecular weight excluding hydrogens is 346 g/mol. The molecule has 8 nitrogen and oxygen atoms in total. The van der Waals surface area contributed by atoms with Crippen molar-refractivity contribution in [3.05, 3.63) is 23.9 Å². The molecule has 2 heterocycles. The highest BCUT2D eigenvalue weighted by Gasteiger charge is 2.33. The van der Waals surface area contributed by atoms with E-state index in [1.54, 1.807) is 7.11 Å². The summed E-state index contributed by atoms with van der Waals surface area (Å²) in [5, 5.41) is 10.4. The van der Waals surface area contributed by atoms with E-state index in [0.29, 0.717) is 25.6 Å². The highest BCUT2D eigenvalue weighted by atomic mass is 16.5. The molecule has 0 aliphatic carbocycles. The van der Waals surface area contributed by atoms with Gasteiger partial charge in [0.05, 0.1) is 23.7 Å². The van der Waals surface area contributed by atoms with Crippen LogP contribution >= 0.6 is 0 Å². The van der Waals surface area contributed by atoms with Gasteiger partial charge in [0.1, 0.15) is 5.75 Å². The molecule has 0 radical (unpaired) electrons. The zero-order valence-electron chi connectivity index (χ0n) is 16.2. The van der Waals surface area contributed by atoms with Gasteiger partial charge in [-0.2, -0.15) is 0 Å². The van der Waals surface area contributed by atoms with Crippen molar-refractivity contribution < 1.29 is 14.3 Å². The molecule has 3 unspecified atom stereocenters. The monoisotopic (exact) mass is 373 g/mol. The molecule has 3 N–H and O–H groups in total. The van der Waals surface area contributed by atoms with Crippen LogP contribution in [0.25, 0.3) is 10.9 Å². The molecule has 1 aliphatic heterocycles. The van der Waals surface area contributed by atoms with E-state index >= 15 is 0 Å². The fourth-order valence-corrected chi connectivity index (χ4v) is 3.31. The van der Waals surface area contributed by atoms with E-state index in [0.717, 1.165) is 22.3 Å². The second-order valence-corrected chi connectivity index (χ2v) is 6.67. The fraction of sp³-hybridized carbons (Fsp3) is 0.526. The second kappa shape index (κ2) is 8.49. The molecule has 1 fully saturated rings. The third-order valence-corrected chi connectivity index (χ3v) is 4.73. The van der Waals surface area contributed by atoms with Crippen molar-refractivity contribution >= 4 is 22.8 Å². The number of aryl methyl sites for hydroxylation is 1. The Morgan fingerprint density at radius 1 is 1.30 bits per heavy atom. The van der Waals surface area contributed by atoms with Crippen molar-refractivity contribution in [3.8, 4) is 5.75 Å². The highest BCUT2D eigenvalue weighted by Crippen LogP contribution is 2.23. The molecule has 2 aromatic rings. The van der Waals surface area contributed by atoms with E-state index in [9.17, 15) is 4.79 Å². The molecular formula is C19H27N5O3. The standard InChI is InChI=1S/C19H27N5O3/c1-5-27-13-6-7-16-15(10-13)12(3)21-18(22-16)24-19-20-11(2)14(8-9-26-4)17(25)23-19/h6-7,10-11,14,19-20H,5,8-9H2,1-4H3,(H,23,25)(H,21,22,24). The van der Waals surface area contributed by atoms with Gasteiger partial charge in [0.15, 0.2) is 6.29 Å². The first-order valence-corrected chi connectivity index (χ1v) is 9.25. The maximum absolute atomic E-state index is 12.4. The SMILES string of the molecule is CCOc1ccc2nc(NC3NC(=O)C(CCOC)C(C)N3)nc(C)c2c1. The molecule has 1 aromatic heterocycles. The number of hydrogen-bond acceptors (Lipinski definition) is 7. The third-order valence-electron chi connectivity index (χ3n) is 4.73. The summed E-state index contributed by atoms with van der Waals surface area (Å²) >= 11 is 0. The van der Waals surface area contributed by atoms with Gasteiger partial charge in [-0.15, -0.1) is 0 Å². The van der Waals surface area contributed by atoms with Crippen molar-refractivity contribution in [2.45, 2.75) is 39.5 Å². The van der Waals surface area contributed by atoms with Gasteiger partial charge in [-0.25, -0.2) is 9.97 Å². The Bertz CT molecular complexity index is 813. The minimum atomic E-state index is -0.425. The number of nitrogens with zero attached hydrogens (tertiary/aromatic N) is 2. The van der Waals surface area contributed by atoms with E-state index in [2.05, 4.69) is 25.9 Å². The van der Waals surface area contributed by atoms with Gasteiger partial charge >= 0.3 is 0 Å². The summed E-state index contributed by atoms with van der Waals surface area (Å²) in [6.45, 7) is 7.05. The van der Waals surface area contributed by atoms with Crippen LogP contribution in [0.1, 0.15) is 26.0 Å². The summed E-state index contributed by atoms with van der Waals surface area (Å²) in [5.41, 5.74) is 1.67.